The quantitative estimate of drug-likeness (QED) is 0.894. The minimum absolute atomic E-state index is 0.00900. The van der Waals surface area contributed by atoms with E-state index in [0.29, 0.717) is 11.4 Å². The van der Waals surface area contributed by atoms with Crippen molar-refractivity contribution in [3.8, 4) is 0 Å². The Bertz CT molecular complexity index is 931. The van der Waals surface area contributed by atoms with Gasteiger partial charge in [0.25, 0.3) is 0 Å². The Morgan fingerprint density at radius 1 is 0.923 bits per heavy atom. The molecule has 26 heavy (non-hydrogen) atoms. The number of nitrogens with two attached hydrogens (primary N) is 1. The molecule has 0 radical (unpaired) electrons. The van der Waals surface area contributed by atoms with Gasteiger partial charge in [0.2, 0.25) is 0 Å². The van der Waals surface area contributed by atoms with E-state index in [0.717, 1.165) is 11.8 Å². The molecule has 0 saturated heterocycles. The highest BCUT2D eigenvalue weighted by Gasteiger charge is 2.38. The second-order valence-electron chi connectivity index (χ2n) is 5.82. The molecule has 2 aromatic rings. The van der Waals surface area contributed by atoms with Gasteiger partial charge in [-0.05, 0) is 24.3 Å². The summed E-state index contributed by atoms with van der Waals surface area (Å²) in [6.45, 7) is 0.0919. The van der Waals surface area contributed by atoms with E-state index in [4.69, 9.17) is 5.73 Å². The number of rotatable bonds is 2. The predicted octanol–water partition coefficient (Wildman–Crippen LogP) is 3.56. The van der Waals surface area contributed by atoms with E-state index in [-0.39, 0.29) is 18.2 Å². The third kappa shape index (κ3) is 2.59. The molecule has 2 heterocycles. The van der Waals surface area contributed by atoms with Crippen LogP contribution in [0.15, 0.2) is 76.2 Å². The molecule has 0 amide bonds. The third-order valence-corrected chi connectivity index (χ3v) is 4.25. The van der Waals surface area contributed by atoms with Crippen molar-refractivity contribution in [2.24, 2.45) is 15.9 Å². The minimum Gasteiger partial charge on any atom is -0.384 e. The monoisotopic (exact) mass is 357 g/mol. The van der Waals surface area contributed by atoms with Crippen LogP contribution < -0.4 is 15.5 Å². The van der Waals surface area contributed by atoms with Gasteiger partial charge in [0.1, 0.15) is 12.5 Å². The number of fused-ring (bicyclic) bond motifs is 1. The molecule has 0 spiro atoms. The van der Waals surface area contributed by atoms with Crippen LogP contribution in [0.2, 0.25) is 0 Å². The molecule has 0 fully saturated rings. The highest BCUT2D eigenvalue weighted by molar-refractivity contribution is 6.25. The lowest BCUT2D eigenvalue weighted by Crippen LogP contribution is -2.50. The Hall–Kier alpha value is -3.29. The molecule has 132 valence electrons. The van der Waals surface area contributed by atoms with Gasteiger partial charge >= 0.3 is 6.18 Å². The number of nitrogens with zero attached hydrogens (tertiary/aromatic N) is 4. The SMILES string of the molecule is NC1=C2C=NN=C2N(c2ccccc2)CN1c1ccccc1C(F)(F)F. The third-order valence-electron chi connectivity index (χ3n) is 4.25. The molecule has 2 N–H and O–H groups in total. The van der Waals surface area contributed by atoms with Crippen molar-refractivity contribution in [1.82, 2.24) is 0 Å². The van der Waals surface area contributed by atoms with Crippen molar-refractivity contribution in [2.75, 3.05) is 16.5 Å². The lowest BCUT2D eigenvalue weighted by molar-refractivity contribution is -0.137. The summed E-state index contributed by atoms with van der Waals surface area (Å²) in [6.07, 6.45) is -3.03. The first-order valence-electron chi connectivity index (χ1n) is 7.84. The van der Waals surface area contributed by atoms with Crippen LogP contribution >= 0.6 is 0 Å². The molecule has 2 aliphatic heterocycles. The van der Waals surface area contributed by atoms with E-state index in [1.807, 2.05) is 30.3 Å². The molecule has 5 nitrogen and oxygen atoms in total. The number of benzene rings is 2. The fraction of sp³-hybridized carbons (Fsp3) is 0.111. The van der Waals surface area contributed by atoms with Crippen LogP contribution in [0, 0.1) is 0 Å². The molecule has 0 bridgehead atoms. The topological polar surface area (TPSA) is 57.2 Å². The van der Waals surface area contributed by atoms with Gasteiger partial charge in [-0.2, -0.15) is 18.3 Å². The number of para-hydroxylation sites is 2. The van der Waals surface area contributed by atoms with Gasteiger partial charge in [-0.15, -0.1) is 5.10 Å². The van der Waals surface area contributed by atoms with Gasteiger partial charge in [-0.3, -0.25) is 0 Å². The van der Waals surface area contributed by atoms with Gasteiger partial charge < -0.3 is 15.5 Å². The standard InChI is InChI=1S/C18H14F3N5/c19-18(20,21)14-8-4-5-9-15(14)26-11-25(12-6-2-1-3-7-12)17-13(16(26)22)10-23-24-17/h1-10H,11,22H2. The molecule has 0 atom stereocenters. The zero-order chi connectivity index (χ0) is 18.3. The van der Waals surface area contributed by atoms with Crippen molar-refractivity contribution in [3.05, 3.63) is 71.6 Å². The normalized spacial score (nSPS) is 16.8. The maximum absolute atomic E-state index is 13.5. The average Bonchev–Trinajstić information content (AvgIpc) is 3.12. The number of hydrogen-bond donors (Lipinski definition) is 1. The van der Waals surface area contributed by atoms with Crippen LogP contribution in [0.3, 0.4) is 0 Å². The summed E-state index contributed by atoms with van der Waals surface area (Å²) in [7, 11) is 0. The first kappa shape index (κ1) is 16.2. The summed E-state index contributed by atoms with van der Waals surface area (Å²) >= 11 is 0. The predicted molar refractivity (Wildman–Crippen MR) is 94.9 cm³/mol. The van der Waals surface area contributed by atoms with E-state index in [1.54, 1.807) is 11.0 Å². The van der Waals surface area contributed by atoms with Crippen LogP contribution in [-0.4, -0.2) is 18.7 Å². The molecule has 0 aliphatic carbocycles. The summed E-state index contributed by atoms with van der Waals surface area (Å²) in [5, 5.41) is 7.98. The molecule has 8 heteroatoms. The largest absolute Gasteiger partial charge is 0.418 e. The summed E-state index contributed by atoms with van der Waals surface area (Å²) in [6, 6.07) is 14.6. The number of halogens is 3. The maximum Gasteiger partial charge on any atom is 0.418 e. The van der Waals surface area contributed by atoms with E-state index in [2.05, 4.69) is 10.2 Å². The van der Waals surface area contributed by atoms with Crippen LogP contribution in [0.1, 0.15) is 5.56 Å². The van der Waals surface area contributed by atoms with Crippen LogP contribution in [-0.2, 0) is 6.18 Å². The molecular formula is C18H14F3N5. The van der Waals surface area contributed by atoms with Crippen LogP contribution in [0.5, 0.6) is 0 Å². The molecule has 0 saturated carbocycles. The fourth-order valence-corrected chi connectivity index (χ4v) is 3.03. The van der Waals surface area contributed by atoms with E-state index in [1.165, 1.54) is 23.2 Å². The van der Waals surface area contributed by atoms with Crippen molar-refractivity contribution >= 4 is 23.4 Å². The summed E-state index contributed by atoms with van der Waals surface area (Å²) in [5.74, 6) is 0.711. The van der Waals surface area contributed by atoms with Crippen molar-refractivity contribution in [2.45, 2.75) is 6.18 Å². The molecule has 2 aromatic carbocycles. The smallest absolute Gasteiger partial charge is 0.384 e. The minimum atomic E-state index is -4.49. The van der Waals surface area contributed by atoms with Gasteiger partial charge in [0.15, 0.2) is 5.84 Å². The van der Waals surface area contributed by atoms with Crippen molar-refractivity contribution in [1.29, 1.82) is 0 Å². The van der Waals surface area contributed by atoms with Gasteiger partial charge in [0.05, 0.1) is 23.0 Å². The molecule has 0 aromatic heterocycles. The average molecular weight is 357 g/mol. The Balaban J connectivity index is 1.85. The maximum atomic E-state index is 13.5. The van der Waals surface area contributed by atoms with Crippen molar-refractivity contribution < 1.29 is 13.2 Å². The molecule has 2 aliphatic rings. The van der Waals surface area contributed by atoms with Crippen molar-refractivity contribution in [3.63, 3.8) is 0 Å². The Morgan fingerprint density at radius 3 is 2.35 bits per heavy atom. The Labute approximate surface area is 147 Å². The highest BCUT2D eigenvalue weighted by atomic mass is 19.4. The first-order chi connectivity index (χ1) is 12.5. The van der Waals surface area contributed by atoms with Crippen LogP contribution in [0.4, 0.5) is 24.5 Å². The Morgan fingerprint density at radius 2 is 1.62 bits per heavy atom. The van der Waals surface area contributed by atoms with Gasteiger partial charge in [-0.1, -0.05) is 30.3 Å². The summed E-state index contributed by atoms with van der Waals surface area (Å²) < 4.78 is 40.4. The lowest BCUT2D eigenvalue weighted by Gasteiger charge is -2.39. The summed E-state index contributed by atoms with van der Waals surface area (Å²) in [5.41, 5.74) is 6.72. The summed E-state index contributed by atoms with van der Waals surface area (Å²) in [4.78, 5) is 3.22. The number of alkyl halides is 3. The second-order valence-corrected chi connectivity index (χ2v) is 5.82. The number of hydrogen-bond acceptors (Lipinski definition) is 5. The van der Waals surface area contributed by atoms with E-state index in [9.17, 15) is 13.2 Å². The Kier molecular flexibility index (Phi) is 3.68. The van der Waals surface area contributed by atoms with Gasteiger partial charge in [-0.25, -0.2) is 0 Å². The molecular weight excluding hydrogens is 343 g/mol. The first-order valence-corrected chi connectivity index (χ1v) is 7.84. The zero-order valence-corrected chi connectivity index (χ0v) is 13.5. The van der Waals surface area contributed by atoms with Gasteiger partial charge in [0, 0.05) is 5.69 Å². The number of anilines is 2. The van der Waals surface area contributed by atoms with E-state index < -0.39 is 11.7 Å². The molecule has 0 unspecified atom stereocenters. The van der Waals surface area contributed by atoms with Crippen LogP contribution in [0.25, 0.3) is 0 Å². The second kappa shape index (κ2) is 5.91. The zero-order valence-electron chi connectivity index (χ0n) is 13.5. The number of amidine groups is 1. The van der Waals surface area contributed by atoms with E-state index >= 15 is 0 Å². The lowest BCUT2D eigenvalue weighted by atomic mass is 10.1. The highest BCUT2D eigenvalue weighted by Crippen LogP contribution is 2.39. The molecule has 4 rings (SSSR count). The fourth-order valence-electron chi connectivity index (χ4n) is 3.03.